The van der Waals surface area contributed by atoms with Gasteiger partial charge >= 0.3 is 0 Å². The van der Waals surface area contributed by atoms with Crippen LogP contribution in [0.25, 0.3) is 0 Å². The van der Waals surface area contributed by atoms with E-state index in [1.807, 2.05) is 12.1 Å². The first kappa shape index (κ1) is 14.8. The van der Waals surface area contributed by atoms with Crippen LogP contribution in [0.15, 0.2) is 12.1 Å². The molecule has 4 nitrogen and oxygen atoms in total. The molecule has 0 bridgehead atoms. The van der Waals surface area contributed by atoms with E-state index in [2.05, 4.69) is 19.2 Å². The van der Waals surface area contributed by atoms with Crippen molar-refractivity contribution in [3.05, 3.63) is 28.8 Å². The van der Waals surface area contributed by atoms with Gasteiger partial charge in [0.1, 0.15) is 11.4 Å². The first-order valence-electron chi connectivity index (χ1n) is 7.75. The van der Waals surface area contributed by atoms with Gasteiger partial charge in [0.25, 0.3) is 0 Å². The Morgan fingerprint density at radius 3 is 2.90 bits per heavy atom. The number of fused-ring (bicyclic) bond motifs is 1. The van der Waals surface area contributed by atoms with E-state index < -0.39 is 0 Å². The molecule has 1 aliphatic carbocycles. The zero-order valence-corrected chi connectivity index (χ0v) is 13.1. The average Bonchev–Trinajstić information content (AvgIpc) is 3.07. The lowest BCUT2D eigenvalue weighted by atomic mass is 9.97. The summed E-state index contributed by atoms with van der Waals surface area (Å²) in [6.45, 7) is 6.52. The quantitative estimate of drug-likeness (QED) is 0.895. The second kappa shape index (κ2) is 5.59. The maximum Gasteiger partial charge on any atom is 0.120 e. The van der Waals surface area contributed by atoms with Crippen molar-refractivity contribution in [2.45, 2.75) is 44.2 Å². The minimum atomic E-state index is -0.217. The number of hydrogen-bond donors (Lipinski definition) is 2. The van der Waals surface area contributed by atoms with E-state index in [1.54, 1.807) is 7.11 Å². The molecule has 21 heavy (non-hydrogen) atoms. The molecule has 1 aliphatic heterocycles. The second-order valence-electron chi connectivity index (χ2n) is 6.49. The van der Waals surface area contributed by atoms with Crippen molar-refractivity contribution < 1.29 is 14.6 Å². The van der Waals surface area contributed by atoms with E-state index in [-0.39, 0.29) is 11.6 Å². The van der Waals surface area contributed by atoms with E-state index in [0.29, 0.717) is 18.3 Å². The molecule has 4 heteroatoms. The molecule has 0 amide bonds. The number of ether oxygens (including phenoxy) is 2. The van der Waals surface area contributed by atoms with Crippen molar-refractivity contribution in [3.63, 3.8) is 0 Å². The number of rotatable bonds is 4. The van der Waals surface area contributed by atoms with Crippen LogP contribution in [-0.4, -0.2) is 37.6 Å². The van der Waals surface area contributed by atoms with Crippen LogP contribution in [0.3, 0.4) is 0 Å². The van der Waals surface area contributed by atoms with E-state index in [0.717, 1.165) is 31.6 Å². The highest BCUT2D eigenvalue weighted by Gasteiger charge is 2.38. The van der Waals surface area contributed by atoms with Gasteiger partial charge < -0.3 is 19.9 Å². The summed E-state index contributed by atoms with van der Waals surface area (Å²) in [5, 5.41) is 13.9. The molecule has 0 aromatic heterocycles. The predicted octanol–water partition coefficient (Wildman–Crippen LogP) is 2.64. The zero-order valence-electron chi connectivity index (χ0n) is 13.1. The van der Waals surface area contributed by atoms with Gasteiger partial charge in [-0.3, -0.25) is 0 Å². The molecule has 3 atom stereocenters. The fraction of sp³-hybridized carbons (Fsp3) is 0.647. The Hall–Kier alpha value is -1.10. The summed E-state index contributed by atoms with van der Waals surface area (Å²) >= 11 is 0. The lowest BCUT2D eigenvalue weighted by molar-refractivity contribution is -0.0176. The van der Waals surface area contributed by atoms with Gasteiger partial charge in [-0.2, -0.15) is 0 Å². The number of hydrogen-bond acceptors (Lipinski definition) is 4. The molecule has 3 rings (SSSR count). The average molecular weight is 291 g/mol. The highest BCUT2D eigenvalue weighted by atomic mass is 16.5. The van der Waals surface area contributed by atoms with Crippen molar-refractivity contribution in [3.8, 4) is 5.75 Å². The predicted molar refractivity (Wildman–Crippen MR) is 81.8 cm³/mol. The number of phenolic OH excluding ortho intramolecular Hbond substituents is 1. The molecule has 116 valence electrons. The van der Waals surface area contributed by atoms with Crippen LogP contribution in [0.4, 0.5) is 0 Å². The molecular weight excluding hydrogens is 266 g/mol. The van der Waals surface area contributed by atoms with Gasteiger partial charge in [-0.05, 0) is 36.5 Å². The van der Waals surface area contributed by atoms with Crippen LogP contribution in [0.2, 0.25) is 0 Å². The lowest BCUT2D eigenvalue weighted by Gasteiger charge is -2.28. The summed E-state index contributed by atoms with van der Waals surface area (Å²) in [6, 6.07) is 4.02. The Kier molecular flexibility index (Phi) is 3.95. The van der Waals surface area contributed by atoms with E-state index in [1.165, 1.54) is 11.1 Å². The van der Waals surface area contributed by atoms with Crippen molar-refractivity contribution in [2.24, 2.45) is 0 Å². The molecule has 0 saturated carbocycles. The largest absolute Gasteiger partial charge is 0.508 e. The third-order valence-electron chi connectivity index (χ3n) is 5.08. The number of methoxy groups -OCH3 is 1. The summed E-state index contributed by atoms with van der Waals surface area (Å²) in [5.41, 5.74) is 3.44. The fourth-order valence-electron chi connectivity index (χ4n) is 3.80. The molecular formula is C17H25NO3. The topological polar surface area (TPSA) is 50.7 Å². The first-order chi connectivity index (χ1) is 10.1. The van der Waals surface area contributed by atoms with Crippen molar-refractivity contribution >= 4 is 0 Å². The van der Waals surface area contributed by atoms with Crippen LogP contribution in [-0.2, 0) is 9.47 Å². The normalized spacial score (nSPS) is 31.6. The maximum absolute atomic E-state index is 10.3. The smallest absolute Gasteiger partial charge is 0.120 e. The lowest BCUT2D eigenvalue weighted by Crippen LogP contribution is -2.43. The molecule has 2 N–H and O–H groups in total. The van der Waals surface area contributed by atoms with Crippen LogP contribution in [0.5, 0.6) is 5.75 Å². The molecule has 0 spiro atoms. The highest BCUT2D eigenvalue weighted by molar-refractivity contribution is 5.50. The maximum atomic E-state index is 10.3. The van der Waals surface area contributed by atoms with Crippen molar-refractivity contribution in [2.75, 3.05) is 26.9 Å². The fourth-order valence-corrected chi connectivity index (χ4v) is 3.80. The van der Waals surface area contributed by atoms with Gasteiger partial charge in [0, 0.05) is 38.3 Å². The van der Waals surface area contributed by atoms with Gasteiger partial charge in [-0.15, -0.1) is 0 Å². The monoisotopic (exact) mass is 291 g/mol. The molecule has 1 aromatic rings. The highest BCUT2D eigenvalue weighted by Crippen LogP contribution is 2.46. The molecule has 1 aromatic carbocycles. The second-order valence-corrected chi connectivity index (χ2v) is 6.49. The van der Waals surface area contributed by atoms with E-state index in [4.69, 9.17) is 9.47 Å². The molecule has 1 fully saturated rings. The molecule has 0 radical (unpaired) electrons. The molecule has 1 saturated heterocycles. The van der Waals surface area contributed by atoms with Gasteiger partial charge in [0.15, 0.2) is 0 Å². The number of phenols is 1. The third-order valence-corrected chi connectivity index (χ3v) is 5.08. The zero-order chi connectivity index (χ0) is 15.0. The number of nitrogens with one attached hydrogen (secondary N) is 1. The Morgan fingerprint density at radius 2 is 2.24 bits per heavy atom. The summed E-state index contributed by atoms with van der Waals surface area (Å²) in [5.74, 6) is 0.884. The summed E-state index contributed by atoms with van der Waals surface area (Å²) in [6.07, 6.45) is 1.94. The van der Waals surface area contributed by atoms with E-state index >= 15 is 0 Å². The summed E-state index contributed by atoms with van der Waals surface area (Å²) in [4.78, 5) is 0. The van der Waals surface area contributed by atoms with E-state index in [9.17, 15) is 5.11 Å². The van der Waals surface area contributed by atoms with Crippen LogP contribution < -0.4 is 5.32 Å². The van der Waals surface area contributed by atoms with Crippen molar-refractivity contribution in [1.82, 2.24) is 5.32 Å². The van der Waals surface area contributed by atoms with Gasteiger partial charge in [-0.1, -0.05) is 13.0 Å². The van der Waals surface area contributed by atoms with Gasteiger partial charge in [-0.25, -0.2) is 0 Å². The van der Waals surface area contributed by atoms with Crippen LogP contribution in [0, 0.1) is 6.92 Å². The number of benzene rings is 1. The van der Waals surface area contributed by atoms with Gasteiger partial charge in [0.2, 0.25) is 0 Å². The minimum Gasteiger partial charge on any atom is -0.508 e. The first-order valence-corrected chi connectivity index (χ1v) is 7.75. The Morgan fingerprint density at radius 1 is 1.43 bits per heavy atom. The van der Waals surface area contributed by atoms with Crippen LogP contribution in [0.1, 0.15) is 48.4 Å². The summed E-state index contributed by atoms with van der Waals surface area (Å²) < 4.78 is 11.2. The van der Waals surface area contributed by atoms with Gasteiger partial charge in [0.05, 0.1) is 6.61 Å². The Bertz CT molecular complexity index is 523. The standard InChI is InChI=1S/C17H25NO3/c1-11-4-5-14(19)16-13(8-12(2)15(11)16)18-9-17(20-3)6-7-21-10-17/h4-5,12-13,18-19H,6-10H2,1-3H3. The number of aryl methyl sites for hydroxylation is 1. The molecule has 2 aliphatic rings. The third kappa shape index (κ3) is 2.56. The Labute approximate surface area is 126 Å². The van der Waals surface area contributed by atoms with Crippen LogP contribution >= 0.6 is 0 Å². The number of aromatic hydroxyl groups is 1. The molecule has 3 unspecified atom stereocenters. The Balaban J connectivity index is 1.79. The summed E-state index contributed by atoms with van der Waals surface area (Å²) in [7, 11) is 1.75. The minimum absolute atomic E-state index is 0.197. The SMILES string of the molecule is COC1(CNC2CC(C)c3c(C)ccc(O)c32)CCOC1. The molecule has 1 heterocycles. The van der Waals surface area contributed by atoms with Crippen molar-refractivity contribution in [1.29, 1.82) is 0 Å².